The molecule has 0 fully saturated rings. The molecule has 1 aliphatic rings. The lowest BCUT2D eigenvalue weighted by Crippen LogP contribution is -2.21. The summed E-state index contributed by atoms with van der Waals surface area (Å²) in [5, 5.41) is 0. The van der Waals surface area contributed by atoms with Crippen LogP contribution in [0.2, 0.25) is 0 Å². The van der Waals surface area contributed by atoms with Crippen LogP contribution < -0.4 is 4.74 Å². The number of carbonyl (C=O) groups excluding carboxylic acids is 1. The maximum atomic E-state index is 11.8. The normalized spacial score (nSPS) is 18.4. The van der Waals surface area contributed by atoms with Gasteiger partial charge in [-0.05, 0) is 53.7 Å². The van der Waals surface area contributed by atoms with Gasteiger partial charge < -0.3 is 4.74 Å². The smallest absolute Gasteiger partial charge is 0.156 e. The highest BCUT2D eigenvalue weighted by Crippen LogP contribution is 2.39. The topological polar surface area (TPSA) is 26.3 Å². The zero-order valence-corrected chi connectivity index (χ0v) is 11.5. The van der Waals surface area contributed by atoms with E-state index >= 15 is 0 Å². The summed E-state index contributed by atoms with van der Waals surface area (Å²) in [5.74, 6) is 1.09. The van der Waals surface area contributed by atoms with Gasteiger partial charge >= 0.3 is 0 Å². The van der Waals surface area contributed by atoms with E-state index in [0.29, 0.717) is 6.42 Å². The summed E-state index contributed by atoms with van der Waals surface area (Å²) in [4.78, 5) is 11.8. The van der Waals surface area contributed by atoms with Crippen LogP contribution in [0.1, 0.15) is 37.8 Å². The Balaban J connectivity index is 2.40. The first kappa shape index (κ1) is 12.9. The lowest BCUT2D eigenvalue weighted by atomic mass is 9.74. The van der Waals surface area contributed by atoms with Crippen molar-refractivity contribution in [1.82, 2.24) is 0 Å². The minimum absolute atomic E-state index is 0.0630. The van der Waals surface area contributed by atoms with E-state index in [2.05, 4.69) is 26.8 Å². The van der Waals surface area contributed by atoms with Crippen molar-refractivity contribution in [2.45, 2.75) is 33.6 Å². The van der Waals surface area contributed by atoms with E-state index in [0.717, 1.165) is 28.9 Å². The molecule has 0 spiro atoms. The van der Waals surface area contributed by atoms with Crippen molar-refractivity contribution in [2.75, 3.05) is 7.11 Å². The number of hydrogen-bond acceptors (Lipinski definition) is 2. The first-order valence-electron chi connectivity index (χ1n) is 6.30. The molecule has 0 unspecified atom stereocenters. The number of ether oxygens (including phenoxy) is 1. The van der Waals surface area contributed by atoms with Gasteiger partial charge in [-0.1, -0.05) is 19.9 Å². The molecule has 2 rings (SSSR count). The number of aryl methyl sites for hydroxylation is 1. The van der Waals surface area contributed by atoms with E-state index in [1.807, 2.05) is 12.1 Å². The molecule has 2 nitrogen and oxygen atoms in total. The Morgan fingerprint density at radius 2 is 1.94 bits per heavy atom. The van der Waals surface area contributed by atoms with Gasteiger partial charge in [0, 0.05) is 6.42 Å². The molecule has 0 radical (unpaired) electrons. The Kier molecular flexibility index (Phi) is 3.29. The number of carbonyl (C=O) groups is 1. The third-order valence-corrected chi connectivity index (χ3v) is 3.44. The van der Waals surface area contributed by atoms with Crippen LogP contribution in [0.5, 0.6) is 5.75 Å². The molecule has 0 saturated heterocycles. The molecular weight excluding hydrogens is 224 g/mol. The second kappa shape index (κ2) is 4.60. The molecule has 0 aliphatic heterocycles. The van der Waals surface area contributed by atoms with Gasteiger partial charge in [-0.2, -0.15) is 0 Å². The maximum absolute atomic E-state index is 11.8. The highest BCUT2D eigenvalue weighted by atomic mass is 16.5. The van der Waals surface area contributed by atoms with E-state index in [9.17, 15) is 4.79 Å². The fourth-order valence-corrected chi connectivity index (χ4v) is 2.64. The van der Waals surface area contributed by atoms with E-state index < -0.39 is 0 Å². The Hall–Kier alpha value is -1.57. The number of benzene rings is 1. The van der Waals surface area contributed by atoms with E-state index in [-0.39, 0.29) is 11.2 Å². The maximum Gasteiger partial charge on any atom is 0.156 e. The van der Waals surface area contributed by atoms with Gasteiger partial charge in [0.25, 0.3) is 0 Å². The zero-order chi connectivity index (χ0) is 13.3. The Morgan fingerprint density at radius 3 is 2.50 bits per heavy atom. The molecular formula is C16H20O2. The number of methoxy groups -OCH3 is 1. The molecule has 0 aromatic heterocycles. The predicted molar refractivity (Wildman–Crippen MR) is 73.7 cm³/mol. The molecule has 0 atom stereocenters. The SMILES string of the molecule is COc1ccc(C2=CC(=O)CC(C)(C)C2)c(C)c1. The third-order valence-electron chi connectivity index (χ3n) is 3.44. The Bertz CT molecular complexity index is 510. The largest absolute Gasteiger partial charge is 0.497 e. The van der Waals surface area contributed by atoms with Crippen molar-refractivity contribution in [3.8, 4) is 5.75 Å². The van der Waals surface area contributed by atoms with Crippen LogP contribution in [-0.4, -0.2) is 12.9 Å². The first-order chi connectivity index (χ1) is 8.41. The summed E-state index contributed by atoms with van der Waals surface area (Å²) in [6, 6.07) is 6.02. The number of allylic oxidation sites excluding steroid dienone is 2. The predicted octanol–water partition coefficient (Wildman–Crippen LogP) is 3.78. The minimum Gasteiger partial charge on any atom is -0.497 e. The molecule has 0 N–H and O–H groups in total. The van der Waals surface area contributed by atoms with Crippen molar-refractivity contribution in [1.29, 1.82) is 0 Å². The standard InChI is InChI=1S/C16H20O2/c1-11-7-14(18-4)5-6-15(11)12-8-13(17)10-16(2,3)9-12/h5-8H,9-10H2,1-4H3. The molecule has 1 aliphatic carbocycles. The van der Waals surface area contributed by atoms with Crippen LogP contribution in [0.4, 0.5) is 0 Å². The first-order valence-corrected chi connectivity index (χ1v) is 6.30. The summed E-state index contributed by atoms with van der Waals surface area (Å²) in [7, 11) is 1.67. The molecule has 1 aromatic carbocycles. The highest BCUT2D eigenvalue weighted by molar-refractivity contribution is 5.99. The summed E-state index contributed by atoms with van der Waals surface area (Å²) in [6.07, 6.45) is 3.40. The lowest BCUT2D eigenvalue weighted by molar-refractivity contribution is -0.116. The summed E-state index contributed by atoms with van der Waals surface area (Å²) in [5.41, 5.74) is 3.53. The Labute approximate surface area is 109 Å². The summed E-state index contributed by atoms with van der Waals surface area (Å²) < 4.78 is 5.21. The van der Waals surface area contributed by atoms with E-state index in [1.54, 1.807) is 13.2 Å². The lowest BCUT2D eigenvalue weighted by Gasteiger charge is -2.29. The molecule has 96 valence electrons. The molecule has 0 amide bonds. The zero-order valence-electron chi connectivity index (χ0n) is 11.5. The Morgan fingerprint density at radius 1 is 1.22 bits per heavy atom. The van der Waals surface area contributed by atoms with Crippen molar-refractivity contribution < 1.29 is 9.53 Å². The van der Waals surface area contributed by atoms with Crippen LogP contribution in [0.25, 0.3) is 5.57 Å². The molecule has 0 saturated carbocycles. The van der Waals surface area contributed by atoms with Gasteiger partial charge in [-0.3, -0.25) is 4.79 Å². The van der Waals surface area contributed by atoms with E-state index in [4.69, 9.17) is 4.74 Å². The molecule has 0 heterocycles. The average molecular weight is 244 g/mol. The molecule has 0 bridgehead atoms. The number of ketones is 1. The van der Waals surface area contributed by atoms with E-state index in [1.165, 1.54) is 0 Å². The fraction of sp³-hybridized carbons (Fsp3) is 0.438. The summed E-state index contributed by atoms with van der Waals surface area (Å²) >= 11 is 0. The van der Waals surface area contributed by atoms with Crippen LogP contribution in [0.3, 0.4) is 0 Å². The second-order valence-electron chi connectivity index (χ2n) is 5.83. The molecule has 18 heavy (non-hydrogen) atoms. The van der Waals surface area contributed by atoms with Crippen molar-refractivity contribution in [3.63, 3.8) is 0 Å². The van der Waals surface area contributed by atoms with Gasteiger partial charge in [-0.25, -0.2) is 0 Å². The molecule has 1 aromatic rings. The van der Waals surface area contributed by atoms with Gasteiger partial charge in [0.15, 0.2) is 5.78 Å². The quantitative estimate of drug-likeness (QED) is 0.791. The van der Waals surface area contributed by atoms with Crippen LogP contribution in [0, 0.1) is 12.3 Å². The monoisotopic (exact) mass is 244 g/mol. The van der Waals surface area contributed by atoms with Gasteiger partial charge in [0.05, 0.1) is 7.11 Å². The minimum atomic E-state index is 0.0630. The third kappa shape index (κ3) is 2.63. The average Bonchev–Trinajstić information content (AvgIpc) is 2.25. The van der Waals surface area contributed by atoms with Crippen LogP contribution in [-0.2, 0) is 4.79 Å². The molecule has 2 heteroatoms. The van der Waals surface area contributed by atoms with Crippen molar-refractivity contribution in [3.05, 3.63) is 35.4 Å². The fourth-order valence-electron chi connectivity index (χ4n) is 2.64. The van der Waals surface area contributed by atoms with Crippen molar-refractivity contribution >= 4 is 11.4 Å². The van der Waals surface area contributed by atoms with Crippen LogP contribution >= 0.6 is 0 Å². The van der Waals surface area contributed by atoms with Crippen molar-refractivity contribution in [2.24, 2.45) is 5.41 Å². The van der Waals surface area contributed by atoms with Gasteiger partial charge in [0.2, 0.25) is 0 Å². The van der Waals surface area contributed by atoms with Crippen LogP contribution in [0.15, 0.2) is 24.3 Å². The number of hydrogen-bond donors (Lipinski definition) is 0. The second-order valence-corrected chi connectivity index (χ2v) is 5.83. The number of rotatable bonds is 2. The highest BCUT2D eigenvalue weighted by Gasteiger charge is 2.28. The van der Waals surface area contributed by atoms with Gasteiger partial charge in [0.1, 0.15) is 5.75 Å². The van der Waals surface area contributed by atoms with Gasteiger partial charge in [-0.15, -0.1) is 0 Å². The summed E-state index contributed by atoms with van der Waals surface area (Å²) in [6.45, 7) is 6.36.